The monoisotopic (exact) mass is 268 g/mol. The van der Waals surface area contributed by atoms with E-state index in [1.165, 1.54) is 0 Å². The van der Waals surface area contributed by atoms with Crippen molar-refractivity contribution in [2.24, 2.45) is 0 Å². The fourth-order valence-corrected chi connectivity index (χ4v) is 2.16. The molecule has 0 amide bonds. The quantitative estimate of drug-likeness (QED) is 0.743. The average Bonchev–Trinajstić information content (AvgIpc) is 2.29. The van der Waals surface area contributed by atoms with Crippen LogP contribution >= 0.6 is 0 Å². The molecule has 1 fully saturated rings. The Morgan fingerprint density at radius 3 is 2.44 bits per heavy atom. The molecule has 1 aliphatic heterocycles. The molecule has 0 atom stereocenters. The smallest absolute Gasteiger partial charge is 0.381 e. The van der Waals surface area contributed by atoms with Crippen molar-refractivity contribution in [2.45, 2.75) is 50.8 Å². The predicted molar refractivity (Wildman–Crippen MR) is 59.3 cm³/mol. The van der Waals surface area contributed by atoms with Gasteiger partial charge in [-0.05, 0) is 13.3 Å². The minimum Gasteiger partial charge on any atom is -0.381 e. The molecule has 0 aliphatic carbocycles. The van der Waals surface area contributed by atoms with Gasteiger partial charge in [-0.3, -0.25) is 4.79 Å². The number of hydrogen-bond acceptors (Lipinski definition) is 3. The highest BCUT2D eigenvalue weighted by Crippen LogP contribution is 2.29. The molecule has 0 aromatic heterocycles. The summed E-state index contributed by atoms with van der Waals surface area (Å²) in [5.41, 5.74) is -0.918. The Morgan fingerprint density at radius 1 is 1.33 bits per heavy atom. The Balaban J connectivity index is 2.49. The van der Waals surface area contributed by atoms with Crippen LogP contribution in [0.2, 0.25) is 0 Å². The number of hydrogen-bond donors (Lipinski definition) is 0. The molecule has 0 unspecified atom stereocenters. The third kappa shape index (κ3) is 4.57. The molecule has 0 aromatic carbocycles. The van der Waals surface area contributed by atoms with Crippen molar-refractivity contribution >= 4 is 5.78 Å². The van der Waals surface area contributed by atoms with Gasteiger partial charge in [0.05, 0.1) is 0 Å². The normalized spacial score (nSPS) is 19.8. The summed E-state index contributed by atoms with van der Waals surface area (Å²) in [4.78, 5) is 12.0. The zero-order valence-electron chi connectivity index (χ0n) is 10.5. The van der Waals surface area contributed by atoms with E-state index < -0.39 is 18.2 Å². The number of alkyl halides is 3. The van der Waals surface area contributed by atoms with Gasteiger partial charge in [0.25, 0.3) is 0 Å². The summed E-state index contributed by atoms with van der Waals surface area (Å²) in [6.45, 7) is 3.00. The largest absolute Gasteiger partial charge is 0.389 e. The van der Waals surface area contributed by atoms with Gasteiger partial charge in [0.2, 0.25) is 0 Å². The number of carbonyl (C=O) groups is 1. The molecule has 0 saturated carbocycles. The second-order valence-electron chi connectivity index (χ2n) is 4.43. The first kappa shape index (κ1) is 15.4. The molecule has 1 rings (SSSR count). The minimum absolute atomic E-state index is 0.0838. The fourth-order valence-electron chi connectivity index (χ4n) is 2.16. The summed E-state index contributed by atoms with van der Waals surface area (Å²) in [5, 5.41) is 0. The van der Waals surface area contributed by atoms with E-state index in [0.717, 1.165) is 0 Å². The van der Waals surface area contributed by atoms with Crippen molar-refractivity contribution in [3.05, 3.63) is 0 Å². The van der Waals surface area contributed by atoms with Crippen LogP contribution in [0.5, 0.6) is 0 Å². The lowest BCUT2D eigenvalue weighted by molar-refractivity contribution is -0.159. The Hall–Kier alpha value is -0.620. The van der Waals surface area contributed by atoms with E-state index in [1.807, 2.05) is 0 Å². The first-order valence-electron chi connectivity index (χ1n) is 6.21. The van der Waals surface area contributed by atoms with Gasteiger partial charge in [0.15, 0.2) is 5.78 Å². The summed E-state index contributed by atoms with van der Waals surface area (Å²) >= 11 is 0. The SMILES string of the molecule is CCOC1(C(=O)CCCC(F)(F)F)CCOCC1. The van der Waals surface area contributed by atoms with Crippen LogP contribution in [0.3, 0.4) is 0 Å². The summed E-state index contributed by atoms with van der Waals surface area (Å²) in [7, 11) is 0. The molecule has 0 radical (unpaired) electrons. The van der Waals surface area contributed by atoms with Gasteiger partial charge in [-0.25, -0.2) is 0 Å². The molecule has 0 N–H and O–H groups in total. The van der Waals surface area contributed by atoms with Gasteiger partial charge in [-0.15, -0.1) is 0 Å². The maximum atomic E-state index is 12.0. The van der Waals surface area contributed by atoms with Crippen LogP contribution in [0.1, 0.15) is 39.0 Å². The molecule has 1 aliphatic rings. The summed E-state index contributed by atoms with van der Waals surface area (Å²) in [6.07, 6.45) is -4.50. The Kier molecular flexibility index (Phi) is 5.59. The molecule has 1 heterocycles. The van der Waals surface area contributed by atoms with Crippen molar-refractivity contribution < 1.29 is 27.4 Å². The fraction of sp³-hybridized carbons (Fsp3) is 0.917. The number of halogens is 3. The van der Waals surface area contributed by atoms with Gasteiger partial charge in [-0.1, -0.05) is 0 Å². The second-order valence-corrected chi connectivity index (χ2v) is 4.43. The van der Waals surface area contributed by atoms with Crippen LogP contribution in [0.25, 0.3) is 0 Å². The zero-order chi connectivity index (χ0) is 13.6. The minimum atomic E-state index is -4.20. The number of ether oxygens (including phenoxy) is 2. The average molecular weight is 268 g/mol. The van der Waals surface area contributed by atoms with Crippen molar-refractivity contribution in [1.82, 2.24) is 0 Å². The molecule has 0 spiro atoms. The van der Waals surface area contributed by atoms with Gasteiger partial charge in [0, 0.05) is 45.5 Å². The van der Waals surface area contributed by atoms with Crippen LogP contribution < -0.4 is 0 Å². The van der Waals surface area contributed by atoms with Gasteiger partial charge in [0.1, 0.15) is 5.60 Å². The molecular weight excluding hydrogens is 249 g/mol. The third-order valence-corrected chi connectivity index (χ3v) is 3.09. The topological polar surface area (TPSA) is 35.5 Å². The summed E-state index contributed by atoms with van der Waals surface area (Å²) in [5.74, 6) is -0.225. The standard InChI is InChI=1S/C12H19F3O3/c1-2-18-11(6-8-17-9-7-11)10(16)4-3-5-12(13,14)15/h2-9H2,1H3. The third-order valence-electron chi connectivity index (χ3n) is 3.09. The van der Waals surface area contributed by atoms with E-state index in [9.17, 15) is 18.0 Å². The molecule has 106 valence electrons. The maximum absolute atomic E-state index is 12.0. The maximum Gasteiger partial charge on any atom is 0.389 e. The van der Waals surface area contributed by atoms with Crippen molar-refractivity contribution in [2.75, 3.05) is 19.8 Å². The van der Waals surface area contributed by atoms with Crippen LogP contribution in [0, 0.1) is 0 Å². The van der Waals surface area contributed by atoms with Crippen LogP contribution in [0.15, 0.2) is 0 Å². The number of Topliss-reactive ketones (excluding diaryl/α,β-unsaturated/α-hetero) is 1. The Labute approximate surface area is 105 Å². The lowest BCUT2D eigenvalue weighted by Crippen LogP contribution is -2.46. The molecule has 3 nitrogen and oxygen atoms in total. The predicted octanol–water partition coefficient (Wildman–Crippen LogP) is 2.87. The molecule has 0 bridgehead atoms. The van der Waals surface area contributed by atoms with Gasteiger partial charge < -0.3 is 9.47 Å². The molecular formula is C12H19F3O3. The first-order chi connectivity index (χ1) is 8.40. The molecule has 1 saturated heterocycles. The highest BCUT2D eigenvalue weighted by atomic mass is 19.4. The lowest BCUT2D eigenvalue weighted by atomic mass is 9.86. The van der Waals surface area contributed by atoms with E-state index >= 15 is 0 Å². The van der Waals surface area contributed by atoms with Crippen LogP contribution in [0.4, 0.5) is 13.2 Å². The second kappa shape index (κ2) is 6.52. The van der Waals surface area contributed by atoms with Gasteiger partial charge in [-0.2, -0.15) is 13.2 Å². The first-order valence-corrected chi connectivity index (χ1v) is 6.21. The van der Waals surface area contributed by atoms with Crippen molar-refractivity contribution in [1.29, 1.82) is 0 Å². The van der Waals surface area contributed by atoms with Crippen molar-refractivity contribution in [3.8, 4) is 0 Å². The van der Waals surface area contributed by atoms with Gasteiger partial charge >= 0.3 is 6.18 Å². The Morgan fingerprint density at radius 2 is 1.94 bits per heavy atom. The Bertz CT molecular complexity index is 265. The highest BCUT2D eigenvalue weighted by molar-refractivity contribution is 5.87. The molecule has 18 heavy (non-hydrogen) atoms. The van der Waals surface area contributed by atoms with E-state index in [2.05, 4.69) is 0 Å². The molecule has 0 aromatic rings. The summed E-state index contributed by atoms with van der Waals surface area (Å²) < 4.78 is 46.8. The van der Waals surface area contributed by atoms with E-state index in [-0.39, 0.29) is 18.6 Å². The number of ketones is 1. The van der Waals surface area contributed by atoms with Crippen LogP contribution in [-0.2, 0) is 14.3 Å². The number of carbonyl (C=O) groups excluding carboxylic acids is 1. The van der Waals surface area contributed by atoms with Crippen LogP contribution in [-0.4, -0.2) is 37.4 Å². The number of rotatable bonds is 6. The summed E-state index contributed by atoms with van der Waals surface area (Å²) in [6, 6.07) is 0. The molecule has 6 heteroatoms. The van der Waals surface area contributed by atoms with E-state index in [4.69, 9.17) is 9.47 Å². The lowest BCUT2D eigenvalue weighted by Gasteiger charge is -2.35. The van der Waals surface area contributed by atoms with E-state index in [0.29, 0.717) is 32.7 Å². The van der Waals surface area contributed by atoms with Crippen molar-refractivity contribution in [3.63, 3.8) is 0 Å². The highest BCUT2D eigenvalue weighted by Gasteiger charge is 2.40. The zero-order valence-corrected chi connectivity index (χ0v) is 10.5. The van der Waals surface area contributed by atoms with E-state index in [1.54, 1.807) is 6.92 Å².